The van der Waals surface area contributed by atoms with Crippen molar-refractivity contribution >= 4 is 0 Å². The van der Waals surface area contributed by atoms with Gasteiger partial charge in [-0.3, -0.25) is 4.79 Å². The van der Waals surface area contributed by atoms with Gasteiger partial charge < -0.3 is 5.32 Å². The minimum absolute atomic E-state index is 0.00120. The number of nitrogens with one attached hydrogen (secondary N) is 1. The summed E-state index contributed by atoms with van der Waals surface area (Å²) in [7, 11) is 0. The zero-order valence-electron chi connectivity index (χ0n) is 8.36. The fraction of sp³-hybridized carbons (Fsp3) is 0.600. The van der Waals surface area contributed by atoms with Gasteiger partial charge in [0.2, 0.25) is 0 Å². The van der Waals surface area contributed by atoms with Crippen molar-refractivity contribution in [1.82, 2.24) is 15.1 Å². The van der Waals surface area contributed by atoms with Crippen LogP contribution in [0.15, 0.2) is 17.1 Å². The van der Waals surface area contributed by atoms with Crippen molar-refractivity contribution in [2.45, 2.75) is 32.4 Å². The molecule has 1 aliphatic heterocycles. The lowest BCUT2D eigenvalue weighted by Gasteiger charge is -2.10. The van der Waals surface area contributed by atoms with E-state index in [1.165, 1.54) is 11.1 Å². The van der Waals surface area contributed by atoms with Crippen LogP contribution in [0.2, 0.25) is 0 Å². The van der Waals surface area contributed by atoms with E-state index in [9.17, 15) is 4.79 Å². The lowest BCUT2D eigenvalue weighted by atomic mass is 10.2. The van der Waals surface area contributed by atoms with Gasteiger partial charge in [-0.1, -0.05) is 0 Å². The maximum atomic E-state index is 11.5. The Morgan fingerprint density at radius 1 is 1.71 bits per heavy atom. The Labute approximate surface area is 82.9 Å². The monoisotopic (exact) mass is 193 g/mol. The first kappa shape index (κ1) is 9.40. The van der Waals surface area contributed by atoms with E-state index in [-0.39, 0.29) is 5.56 Å². The van der Waals surface area contributed by atoms with Crippen LogP contribution in [-0.4, -0.2) is 22.4 Å². The van der Waals surface area contributed by atoms with Crippen LogP contribution >= 0.6 is 0 Å². The highest BCUT2D eigenvalue weighted by Gasteiger charge is 2.15. The second-order valence-corrected chi connectivity index (χ2v) is 3.85. The van der Waals surface area contributed by atoms with Crippen molar-refractivity contribution < 1.29 is 0 Å². The standard InChI is InChI=1S/C10H15N3O/c1-8-5-10(14)13(12-6-8)7-9-3-2-4-11-9/h5-6,9,11H,2-4,7H2,1H3/t9-/m0/s1. The quantitative estimate of drug-likeness (QED) is 0.735. The van der Waals surface area contributed by atoms with Gasteiger partial charge in [0.05, 0.1) is 12.7 Å². The lowest BCUT2D eigenvalue weighted by Crippen LogP contribution is -2.33. The van der Waals surface area contributed by atoms with Gasteiger partial charge in [-0.2, -0.15) is 5.10 Å². The average Bonchev–Trinajstić information content (AvgIpc) is 2.62. The molecule has 0 radical (unpaired) electrons. The lowest BCUT2D eigenvalue weighted by molar-refractivity contribution is 0.458. The fourth-order valence-electron chi connectivity index (χ4n) is 1.78. The molecule has 1 atom stereocenters. The van der Waals surface area contributed by atoms with Crippen molar-refractivity contribution in [3.63, 3.8) is 0 Å². The number of aryl methyl sites for hydroxylation is 1. The van der Waals surface area contributed by atoms with Crippen LogP contribution in [0, 0.1) is 6.92 Å². The van der Waals surface area contributed by atoms with E-state index in [0.717, 1.165) is 18.5 Å². The maximum Gasteiger partial charge on any atom is 0.267 e. The second kappa shape index (κ2) is 3.92. The smallest absolute Gasteiger partial charge is 0.267 e. The molecule has 4 heteroatoms. The maximum absolute atomic E-state index is 11.5. The molecule has 0 aliphatic carbocycles. The summed E-state index contributed by atoms with van der Waals surface area (Å²) >= 11 is 0. The Hall–Kier alpha value is -1.16. The highest BCUT2D eigenvalue weighted by molar-refractivity contribution is 5.02. The molecule has 1 aromatic heterocycles. The summed E-state index contributed by atoms with van der Waals surface area (Å²) in [5.74, 6) is 0. The van der Waals surface area contributed by atoms with Crippen molar-refractivity contribution in [1.29, 1.82) is 0 Å². The van der Waals surface area contributed by atoms with E-state index in [0.29, 0.717) is 12.6 Å². The summed E-state index contributed by atoms with van der Waals surface area (Å²) in [5.41, 5.74) is 0.921. The van der Waals surface area contributed by atoms with Gasteiger partial charge in [0.15, 0.2) is 0 Å². The molecule has 1 N–H and O–H groups in total. The first-order valence-corrected chi connectivity index (χ1v) is 5.03. The summed E-state index contributed by atoms with van der Waals surface area (Å²) < 4.78 is 1.54. The van der Waals surface area contributed by atoms with Crippen LogP contribution < -0.4 is 10.9 Å². The molecule has 76 valence electrons. The third-order valence-electron chi connectivity index (χ3n) is 2.56. The van der Waals surface area contributed by atoms with Crippen molar-refractivity contribution in [3.8, 4) is 0 Å². The molecule has 2 heterocycles. The number of aromatic nitrogens is 2. The molecule has 1 fully saturated rings. The molecule has 14 heavy (non-hydrogen) atoms. The number of hydrogen-bond acceptors (Lipinski definition) is 3. The average molecular weight is 193 g/mol. The number of hydrogen-bond donors (Lipinski definition) is 1. The highest BCUT2D eigenvalue weighted by Crippen LogP contribution is 2.05. The predicted molar refractivity (Wildman–Crippen MR) is 54.3 cm³/mol. The molecular weight excluding hydrogens is 178 g/mol. The van der Waals surface area contributed by atoms with Crippen molar-refractivity contribution in [2.75, 3.05) is 6.54 Å². The normalized spacial score (nSPS) is 21.4. The van der Waals surface area contributed by atoms with Crippen molar-refractivity contribution in [3.05, 3.63) is 28.2 Å². The van der Waals surface area contributed by atoms with E-state index in [1.54, 1.807) is 12.3 Å². The minimum Gasteiger partial charge on any atom is -0.312 e. The SMILES string of the molecule is Cc1cnn(C[C@@H]2CCCN2)c(=O)c1. The molecule has 0 spiro atoms. The summed E-state index contributed by atoms with van der Waals surface area (Å²) in [6.07, 6.45) is 4.07. The van der Waals surface area contributed by atoms with Crippen LogP contribution in [0.4, 0.5) is 0 Å². The Balaban J connectivity index is 2.12. The summed E-state index contributed by atoms with van der Waals surface area (Å²) in [6.45, 7) is 3.64. The first-order valence-electron chi connectivity index (χ1n) is 5.03. The molecule has 0 saturated carbocycles. The molecule has 1 saturated heterocycles. The third-order valence-corrected chi connectivity index (χ3v) is 2.56. The summed E-state index contributed by atoms with van der Waals surface area (Å²) in [5, 5.41) is 7.45. The van der Waals surface area contributed by atoms with E-state index in [1.807, 2.05) is 6.92 Å². The van der Waals surface area contributed by atoms with Crippen LogP contribution in [-0.2, 0) is 6.54 Å². The van der Waals surface area contributed by atoms with Gasteiger partial charge in [0.25, 0.3) is 5.56 Å². The van der Waals surface area contributed by atoms with Gasteiger partial charge in [-0.25, -0.2) is 4.68 Å². The van der Waals surface area contributed by atoms with Crippen LogP contribution in [0.1, 0.15) is 18.4 Å². The van der Waals surface area contributed by atoms with Crippen LogP contribution in [0.25, 0.3) is 0 Å². The minimum atomic E-state index is -0.00120. The Morgan fingerprint density at radius 3 is 3.21 bits per heavy atom. The van der Waals surface area contributed by atoms with E-state index in [4.69, 9.17) is 0 Å². The number of nitrogens with zero attached hydrogens (tertiary/aromatic N) is 2. The highest BCUT2D eigenvalue weighted by atomic mass is 16.1. The van der Waals surface area contributed by atoms with Crippen LogP contribution in [0.5, 0.6) is 0 Å². The molecule has 1 aliphatic rings. The molecule has 4 nitrogen and oxygen atoms in total. The zero-order valence-corrected chi connectivity index (χ0v) is 8.36. The van der Waals surface area contributed by atoms with Gasteiger partial charge in [0, 0.05) is 12.1 Å². The fourth-order valence-corrected chi connectivity index (χ4v) is 1.78. The molecule has 0 unspecified atom stereocenters. The molecule has 0 amide bonds. The van der Waals surface area contributed by atoms with Crippen LogP contribution in [0.3, 0.4) is 0 Å². The summed E-state index contributed by atoms with van der Waals surface area (Å²) in [4.78, 5) is 11.5. The summed E-state index contributed by atoms with van der Waals surface area (Å²) in [6, 6.07) is 2.05. The second-order valence-electron chi connectivity index (χ2n) is 3.85. The van der Waals surface area contributed by atoms with Gasteiger partial charge in [-0.05, 0) is 31.9 Å². The van der Waals surface area contributed by atoms with E-state index < -0.39 is 0 Å². The first-order chi connectivity index (χ1) is 6.75. The van der Waals surface area contributed by atoms with Gasteiger partial charge >= 0.3 is 0 Å². The van der Waals surface area contributed by atoms with Crippen molar-refractivity contribution in [2.24, 2.45) is 0 Å². The predicted octanol–water partition coefficient (Wildman–Crippen LogP) is 0.304. The molecule has 1 aromatic rings. The Kier molecular flexibility index (Phi) is 2.63. The van der Waals surface area contributed by atoms with E-state index in [2.05, 4.69) is 10.4 Å². The zero-order chi connectivity index (χ0) is 9.97. The largest absolute Gasteiger partial charge is 0.312 e. The third kappa shape index (κ3) is 2.01. The number of rotatable bonds is 2. The molecular formula is C10H15N3O. The van der Waals surface area contributed by atoms with Gasteiger partial charge in [-0.15, -0.1) is 0 Å². The topological polar surface area (TPSA) is 46.9 Å². The molecule has 0 bridgehead atoms. The Bertz CT molecular complexity index is 366. The van der Waals surface area contributed by atoms with E-state index >= 15 is 0 Å². The Morgan fingerprint density at radius 2 is 2.57 bits per heavy atom. The molecule has 0 aromatic carbocycles. The molecule has 2 rings (SSSR count). The van der Waals surface area contributed by atoms with Gasteiger partial charge in [0.1, 0.15) is 0 Å².